The Labute approximate surface area is 149 Å². The number of aliphatic carboxylic acids is 1. The molecule has 2 heterocycles. The van der Waals surface area contributed by atoms with E-state index in [4.69, 9.17) is 0 Å². The number of carboxylic acid groups (broad SMARTS) is 1. The number of hydrogen-bond donors (Lipinski definition) is 2. The summed E-state index contributed by atoms with van der Waals surface area (Å²) >= 11 is 0. The van der Waals surface area contributed by atoms with Gasteiger partial charge in [-0.3, -0.25) is 9.78 Å². The highest BCUT2D eigenvalue weighted by Crippen LogP contribution is 2.26. The van der Waals surface area contributed by atoms with Gasteiger partial charge in [0, 0.05) is 34.1 Å². The average Bonchev–Trinajstić information content (AvgIpc) is 2.97. The topological polar surface area (TPSA) is 66.0 Å². The van der Waals surface area contributed by atoms with Crippen LogP contribution in [0.1, 0.15) is 22.5 Å². The standard InChI is InChI=1S/C21H17FN2O2/c22-12-13-4-3-7-18-15(13)9-8-14(23-18)10-17-16-5-1-2-6-19(16)24-20(17)11-21(25)26/h1-9,24H,10-12H2,(H,25,26). The average molecular weight is 348 g/mol. The molecule has 0 aliphatic carbocycles. The summed E-state index contributed by atoms with van der Waals surface area (Å²) in [5.74, 6) is -0.878. The van der Waals surface area contributed by atoms with Gasteiger partial charge in [-0.25, -0.2) is 4.39 Å². The smallest absolute Gasteiger partial charge is 0.309 e. The zero-order valence-corrected chi connectivity index (χ0v) is 14.0. The molecule has 2 aromatic heterocycles. The van der Waals surface area contributed by atoms with Crippen molar-refractivity contribution >= 4 is 27.8 Å². The largest absolute Gasteiger partial charge is 0.481 e. The van der Waals surface area contributed by atoms with Crippen molar-refractivity contribution in [1.29, 1.82) is 0 Å². The van der Waals surface area contributed by atoms with Crippen molar-refractivity contribution in [3.63, 3.8) is 0 Å². The van der Waals surface area contributed by atoms with Crippen LogP contribution in [0.5, 0.6) is 0 Å². The molecule has 0 amide bonds. The van der Waals surface area contributed by atoms with E-state index in [-0.39, 0.29) is 6.42 Å². The summed E-state index contributed by atoms with van der Waals surface area (Å²) in [5.41, 5.74) is 4.75. The Morgan fingerprint density at radius 3 is 2.69 bits per heavy atom. The number of para-hydroxylation sites is 1. The highest BCUT2D eigenvalue weighted by molar-refractivity contribution is 5.87. The van der Waals surface area contributed by atoms with Gasteiger partial charge in [0.15, 0.2) is 0 Å². The molecule has 0 saturated carbocycles. The molecule has 0 aliphatic rings. The van der Waals surface area contributed by atoms with Crippen LogP contribution in [0.25, 0.3) is 21.8 Å². The van der Waals surface area contributed by atoms with Gasteiger partial charge in [0.05, 0.1) is 11.9 Å². The number of halogens is 1. The molecule has 0 aliphatic heterocycles. The number of rotatable bonds is 5. The number of alkyl halides is 1. The van der Waals surface area contributed by atoms with Gasteiger partial charge in [-0.2, -0.15) is 0 Å². The minimum absolute atomic E-state index is 0.0659. The van der Waals surface area contributed by atoms with E-state index in [1.165, 1.54) is 0 Å². The van der Waals surface area contributed by atoms with E-state index < -0.39 is 12.6 Å². The molecule has 0 unspecified atom stereocenters. The van der Waals surface area contributed by atoms with Crippen LogP contribution in [0.15, 0.2) is 54.6 Å². The zero-order valence-electron chi connectivity index (χ0n) is 14.0. The van der Waals surface area contributed by atoms with E-state index in [1.54, 1.807) is 12.1 Å². The highest BCUT2D eigenvalue weighted by Gasteiger charge is 2.15. The Balaban J connectivity index is 1.79. The zero-order chi connectivity index (χ0) is 18.1. The molecule has 0 atom stereocenters. The maximum absolute atomic E-state index is 13.1. The van der Waals surface area contributed by atoms with Gasteiger partial charge in [-0.1, -0.05) is 36.4 Å². The second-order valence-electron chi connectivity index (χ2n) is 6.30. The minimum atomic E-state index is -0.878. The molecular weight excluding hydrogens is 331 g/mol. The van der Waals surface area contributed by atoms with Crippen molar-refractivity contribution < 1.29 is 14.3 Å². The van der Waals surface area contributed by atoms with Crippen LogP contribution in [-0.2, 0) is 24.3 Å². The Morgan fingerprint density at radius 1 is 1.04 bits per heavy atom. The molecule has 2 N–H and O–H groups in total. The lowest BCUT2D eigenvalue weighted by Crippen LogP contribution is -2.04. The second-order valence-corrected chi connectivity index (χ2v) is 6.30. The van der Waals surface area contributed by atoms with Crippen LogP contribution in [0, 0.1) is 0 Å². The summed E-state index contributed by atoms with van der Waals surface area (Å²) in [6.45, 7) is -0.524. The van der Waals surface area contributed by atoms with Gasteiger partial charge in [0.2, 0.25) is 0 Å². The molecule has 0 spiro atoms. The van der Waals surface area contributed by atoms with Gasteiger partial charge in [-0.05, 0) is 29.3 Å². The van der Waals surface area contributed by atoms with E-state index in [1.807, 2.05) is 42.5 Å². The molecule has 0 fully saturated rings. The van der Waals surface area contributed by atoms with Crippen LogP contribution in [0.3, 0.4) is 0 Å². The number of nitrogens with zero attached hydrogens (tertiary/aromatic N) is 1. The Bertz CT molecular complexity index is 1120. The number of pyridine rings is 1. The first-order valence-corrected chi connectivity index (χ1v) is 8.39. The third-order valence-corrected chi connectivity index (χ3v) is 4.61. The maximum atomic E-state index is 13.1. The first-order valence-electron chi connectivity index (χ1n) is 8.39. The van der Waals surface area contributed by atoms with Gasteiger partial charge in [0.1, 0.15) is 6.67 Å². The number of aromatic nitrogens is 2. The number of H-pyrrole nitrogens is 1. The van der Waals surface area contributed by atoms with E-state index in [0.717, 1.165) is 33.1 Å². The summed E-state index contributed by atoms with van der Waals surface area (Å²) in [4.78, 5) is 19.1. The number of carbonyl (C=O) groups is 1. The summed E-state index contributed by atoms with van der Waals surface area (Å²) in [6.07, 6.45) is 0.450. The first kappa shape index (κ1) is 16.3. The molecule has 4 nitrogen and oxygen atoms in total. The molecule has 0 bridgehead atoms. The summed E-state index contributed by atoms with van der Waals surface area (Å²) < 4.78 is 13.1. The van der Waals surface area contributed by atoms with Crippen LogP contribution < -0.4 is 0 Å². The van der Waals surface area contributed by atoms with E-state index >= 15 is 0 Å². The Hall–Kier alpha value is -3.21. The minimum Gasteiger partial charge on any atom is -0.481 e. The van der Waals surface area contributed by atoms with Crippen LogP contribution in [-0.4, -0.2) is 21.0 Å². The van der Waals surface area contributed by atoms with E-state index in [0.29, 0.717) is 17.7 Å². The van der Waals surface area contributed by atoms with Crippen molar-refractivity contribution in [2.75, 3.05) is 0 Å². The van der Waals surface area contributed by atoms with Gasteiger partial charge in [-0.15, -0.1) is 0 Å². The lowest BCUT2D eigenvalue weighted by atomic mass is 10.0. The normalized spacial score (nSPS) is 11.3. The molecule has 26 heavy (non-hydrogen) atoms. The van der Waals surface area contributed by atoms with Crippen molar-refractivity contribution in [2.45, 2.75) is 19.5 Å². The van der Waals surface area contributed by atoms with Gasteiger partial charge >= 0.3 is 5.97 Å². The van der Waals surface area contributed by atoms with Crippen LogP contribution in [0.4, 0.5) is 4.39 Å². The first-order chi connectivity index (χ1) is 12.7. The molecular formula is C21H17FN2O2. The summed E-state index contributed by atoms with van der Waals surface area (Å²) in [5, 5.41) is 11.0. The lowest BCUT2D eigenvalue weighted by Gasteiger charge is -2.07. The second kappa shape index (κ2) is 6.59. The quantitative estimate of drug-likeness (QED) is 0.562. The van der Waals surface area contributed by atoms with Crippen molar-refractivity contribution in [3.8, 4) is 0 Å². The van der Waals surface area contributed by atoms with E-state index in [2.05, 4.69) is 9.97 Å². The Morgan fingerprint density at radius 2 is 1.88 bits per heavy atom. The predicted molar refractivity (Wildman–Crippen MR) is 99.0 cm³/mol. The lowest BCUT2D eigenvalue weighted by molar-refractivity contribution is -0.136. The SMILES string of the molecule is O=C(O)Cc1[nH]c2ccccc2c1Cc1ccc2c(CF)cccc2n1. The molecule has 5 heteroatoms. The third-order valence-electron chi connectivity index (χ3n) is 4.61. The number of hydrogen-bond acceptors (Lipinski definition) is 2. The van der Waals surface area contributed by atoms with Crippen molar-refractivity contribution in [1.82, 2.24) is 9.97 Å². The molecule has 0 radical (unpaired) electrons. The highest BCUT2D eigenvalue weighted by atomic mass is 19.1. The molecule has 0 saturated heterocycles. The van der Waals surface area contributed by atoms with Crippen LogP contribution in [0.2, 0.25) is 0 Å². The number of nitrogens with one attached hydrogen (secondary N) is 1. The summed E-state index contributed by atoms with van der Waals surface area (Å²) in [6, 6.07) is 17.0. The van der Waals surface area contributed by atoms with Crippen molar-refractivity contribution in [2.24, 2.45) is 0 Å². The molecule has 4 aromatic rings. The Kier molecular flexibility index (Phi) is 4.13. The number of aromatic amines is 1. The van der Waals surface area contributed by atoms with Gasteiger partial charge < -0.3 is 10.1 Å². The predicted octanol–water partition coefficient (Wildman–Crippen LogP) is 4.40. The van der Waals surface area contributed by atoms with Crippen LogP contribution >= 0.6 is 0 Å². The molecule has 2 aromatic carbocycles. The van der Waals surface area contributed by atoms with E-state index in [9.17, 15) is 14.3 Å². The fraction of sp³-hybridized carbons (Fsp3) is 0.143. The number of carboxylic acids is 1. The third kappa shape index (κ3) is 2.92. The van der Waals surface area contributed by atoms with Crippen molar-refractivity contribution in [3.05, 3.63) is 77.1 Å². The molecule has 130 valence electrons. The monoisotopic (exact) mass is 348 g/mol. The fourth-order valence-electron chi connectivity index (χ4n) is 3.42. The number of benzene rings is 2. The fourth-order valence-corrected chi connectivity index (χ4v) is 3.42. The maximum Gasteiger partial charge on any atom is 0.309 e. The molecule has 4 rings (SSSR count). The summed E-state index contributed by atoms with van der Waals surface area (Å²) in [7, 11) is 0. The number of fused-ring (bicyclic) bond motifs is 2. The van der Waals surface area contributed by atoms with Gasteiger partial charge in [0.25, 0.3) is 0 Å².